The molecule has 2 amide bonds. The SMILES string of the molecule is CCOC1=C(C)NC(=O)NC1c1ccc(O)c(OC)c1. The number of methoxy groups -OCH3 is 1. The van der Waals surface area contributed by atoms with E-state index in [0.717, 1.165) is 5.56 Å². The van der Waals surface area contributed by atoms with Crippen LogP contribution in [0.1, 0.15) is 25.5 Å². The fourth-order valence-corrected chi connectivity index (χ4v) is 2.14. The highest BCUT2D eigenvalue weighted by Crippen LogP contribution is 2.33. The van der Waals surface area contributed by atoms with Crippen LogP contribution in [-0.4, -0.2) is 24.9 Å². The summed E-state index contributed by atoms with van der Waals surface area (Å²) in [6.07, 6.45) is 0. The number of ether oxygens (including phenoxy) is 2. The van der Waals surface area contributed by atoms with Gasteiger partial charge in [-0.25, -0.2) is 4.79 Å². The maximum atomic E-state index is 11.6. The minimum atomic E-state index is -0.404. The second-order valence-corrected chi connectivity index (χ2v) is 4.39. The van der Waals surface area contributed by atoms with Crippen LogP contribution in [0.5, 0.6) is 11.5 Å². The van der Waals surface area contributed by atoms with E-state index in [4.69, 9.17) is 9.47 Å². The molecule has 1 aliphatic heterocycles. The third-order valence-electron chi connectivity index (χ3n) is 3.05. The number of hydrogen-bond acceptors (Lipinski definition) is 4. The Labute approximate surface area is 117 Å². The van der Waals surface area contributed by atoms with Crippen molar-refractivity contribution in [1.29, 1.82) is 0 Å². The number of nitrogens with one attached hydrogen (secondary N) is 2. The van der Waals surface area contributed by atoms with Gasteiger partial charge in [-0.2, -0.15) is 0 Å². The Kier molecular flexibility index (Phi) is 4.02. The number of aromatic hydroxyl groups is 1. The van der Waals surface area contributed by atoms with Gasteiger partial charge in [-0.05, 0) is 31.5 Å². The highest BCUT2D eigenvalue weighted by Gasteiger charge is 2.28. The fourth-order valence-electron chi connectivity index (χ4n) is 2.14. The molecule has 0 bridgehead atoms. The summed E-state index contributed by atoms with van der Waals surface area (Å²) in [5.74, 6) is 1.05. The number of carbonyl (C=O) groups excluding carboxylic acids is 1. The largest absolute Gasteiger partial charge is 0.504 e. The molecule has 0 aliphatic carbocycles. The summed E-state index contributed by atoms with van der Waals surface area (Å²) >= 11 is 0. The zero-order valence-corrected chi connectivity index (χ0v) is 11.7. The Hall–Kier alpha value is -2.37. The highest BCUT2D eigenvalue weighted by atomic mass is 16.5. The normalized spacial score (nSPS) is 18.4. The van der Waals surface area contributed by atoms with Crippen molar-refractivity contribution in [1.82, 2.24) is 10.6 Å². The number of urea groups is 1. The molecule has 1 heterocycles. The summed E-state index contributed by atoms with van der Waals surface area (Å²) in [7, 11) is 1.48. The Morgan fingerprint density at radius 3 is 2.80 bits per heavy atom. The smallest absolute Gasteiger partial charge is 0.319 e. The Balaban J connectivity index is 2.43. The monoisotopic (exact) mass is 278 g/mol. The lowest BCUT2D eigenvalue weighted by molar-refractivity contribution is 0.181. The lowest BCUT2D eigenvalue weighted by Crippen LogP contribution is -2.44. The van der Waals surface area contributed by atoms with Gasteiger partial charge in [0.15, 0.2) is 11.5 Å². The lowest BCUT2D eigenvalue weighted by atomic mass is 10.0. The van der Waals surface area contributed by atoms with Gasteiger partial charge in [0.2, 0.25) is 0 Å². The van der Waals surface area contributed by atoms with Crippen LogP contribution in [0.25, 0.3) is 0 Å². The minimum absolute atomic E-state index is 0.0511. The average molecular weight is 278 g/mol. The number of carbonyl (C=O) groups is 1. The third kappa shape index (κ3) is 2.64. The van der Waals surface area contributed by atoms with E-state index < -0.39 is 6.04 Å². The zero-order chi connectivity index (χ0) is 14.7. The first-order chi connectivity index (χ1) is 9.56. The van der Waals surface area contributed by atoms with Crippen molar-refractivity contribution in [2.24, 2.45) is 0 Å². The first-order valence-electron chi connectivity index (χ1n) is 6.34. The van der Waals surface area contributed by atoms with Crippen molar-refractivity contribution in [3.05, 3.63) is 35.2 Å². The molecule has 0 fully saturated rings. The molecule has 3 N–H and O–H groups in total. The van der Waals surface area contributed by atoms with Crippen LogP contribution in [0.2, 0.25) is 0 Å². The van der Waals surface area contributed by atoms with E-state index in [-0.39, 0.29) is 11.8 Å². The molecule has 0 saturated heterocycles. The Morgan fingerprint density at radius 2 is 2.15 bits per heavy atom. The molecule has 6 nitrogen and oxygen atoms in total. The topological polar surface area (TPSA) is 79.8 Å². The quantitative estimate of drug-likeness (QED) is 0.787. The van der Waals surface area contributed by atoms with Crippen LogP contribution >= 0.6 is 0 Å². The van der Waals surface area contributed by atoms with Gasteiger partial charge in [-0.15, -0.1) is 0 Å². The van der Waals surface area contributed by atoms with Gasteiger partial charge in [0.1, 0.15) is 11.8 Å². The van der Waals surface area contributed by atoms with Gasteiger partial charge in [-0.1, -0.05) is 6.07 Å². The Morgan fingerprint density at radius 1 is 1.40 bits per heavy atom. The standard InChI is InChI=1S/C14H18N2O4/c1-4-20-13-8(2)15-14(18)16-12(13)9-5-6-10(17)11(7-9)19-3/h5-7,12,17H,4H2,1-3H3,(H2,15,16,18). The fraction of sp³-hybridized carbons (Fsp3) is 0.357. The molecule has 0 saturated carbocycles. The molecule has 0 radical (unpaired) electrons. The van der Waals surface area contributed by atoms with Crippen LogP contribution in [0.4, 0.5) is 4.79 Å². The molecular formula is C14H18N2O4. The number of benzene rings is 1. The van der Waals surface area contributed by atoms with Crippen LogP contribution in [0.3, 0.4) is 0 Å². The maximum Gasteiger partial charge on any atom is 0.319 e. The number of amides is 2. The molecule has 2 rings (SSSR count). The molecule has 1 aliphatic rings. The molecule has 0 spiro atoms. The number of phenols is 1. The van der Waals surface area contributed by atoms with Crippen molar-refractivity contribution in [3.8, 4) is 11.5 Å². The van der Waals surface area contributed by atoms with Gasteiger partial charge >= 0.3 is 6.03 Å². The summed E-state index contributed by atoms with van der Waals surface area (Å²) in [4.78, 5) is 11.6. The molecule has 6 heteroatoms. The van der Waals surface area contributed by atoms with E-state index in [9.17, 15) is 9.90 Å². The number of allylic oxidation sites excluding steroid dienone is 1. The number of phenolic OH excluding ortho intramolecular Hbond substituents is 1. The zero-order valence-electron chi connectivity index (χ0n) is 11.7. The summed E-state index contributed by atoms with van der Waals surface area (Å²) in [5, 5.41) is 15.1. The van der Waals surface area contributed by atoms with Gasteiger partial charge in [0, 0.05) is 0 Å². The molecule has 1 aromatic rings. The second-order valence-electron chi connectivity index (χ2n) is 4.39. The molecule has 1 unspecified atom stereocenters. The summed E-state index contributed by atoms with van der Waals surface area (Å²) in [6, 6.07) is 4.24. The van der Waals surface area contributed by atoms with Gasteiger partial charge in [0.05, 0.1) is 19.4 Å². The van der Waals surface area contributed by atoms with Gasteiger partial charge < -0.3 is 25.2 Å². The highest BCUT2D eigenvalue weighted by molar-refractivity contribution is 5.78. The van der Waals surface area contributed by atoms with Crippen LogP contribution in [-0.2, 0) is 4.74 Å². The van der Waals surface area contributed by atoms with E-state index in [1.54, 1.807) is 19.1 Å². The van der Waals surface area contributed by atoms with E-state index >= 15 is 0 Å². The van der Waals surface area contributed by atoms with Crippen molar-refractivity contribution in [3.63, 3.8) is 0 Å². The van der Waals surface area contributed by atoms with Crippen LogP contribution < -0.4 is 15.4 Å². The summed E-state index contributed by atoms with van der Waals surface area (Å²) in [5.41, 5.74) is 1.45. The van der Waals surface area contributed by atoms with Crippen molar-refractivity contribution in [2.45, 2.75) is 19.9 Å². The minimum Gasteiger partial charge on any atom is -0.504 e. The van der Waals surface area contributed by atoms with Gasteiger partial charge in [0.25, 0.3) is 0 Å². The second kappa shape index (κ2) is 5.73. The lowest BCUT2D eigenvalue weighted by Gasteiger charge is -2.29. The summed E-state index contributed by atoms with van der Waals surface area (Å²) < 4.78 is 10.7. The molecular weight excluding hydrogens is 260 g/mol. The van der Waals surface area contributed by atoms with E-state index in [2.05, 4.69) is 10.6 Å². The molecule has 1 atom stereocenters. The van der Waals surface area contributed by atoms with Crippen molar-refractivity contribution >= 4 is 6.03 Å². The van der Waals surface area contributed by atoms with Crippen LogP contribution in [0, 0.1) is 0 Å². The van der Waals surface area contributed by atoms with E-state index in [1.165, 1.54) is 13.2 Å². The first kappa shape index (κ1) is 14.0. The van der Waals surface area contributed by atoms with Crippen molar-refractivity contribution < 1.29 is 19.4 Å². The van der Waals surface area contributed by atoms with Gasteiger partial charge in [-0.3, -0.25) is 0 Å². The third-order valence-corrected chi connectivity index (χ3v) is 3.05. The van der Waals surface area contributed by atoms with Crippen LogP contribution in [0.15, 0.2) is 29.7 Å². The average Bonchev–Trinajstić information content (AvgIpc) is 2.42. The van der Waals surface area contributed by atoms with Crippen molar-refractivity contribution in [2.75, 3.05) is 13.7 Å². The Bertz CT molecular complexity index is 554. The van der Waals surface area contributed by atoms with E-state index in [1.807, 2.05) is 6.92 Å². The number of hydrogen-bond donors (Lipinski definition) is 3. The maximum absolute atomic E-state index is 11.6. The molecule has 1 aromatic carbocycles. The predicted octanol–water partition coefficient (Wildman–Crippen LogP) is 2.02. The predicted molar refractivity (Wildman–Crippen MR) is 73.4 cm³/mol. The number of rotatable bonds is 4. The molecule has 0 aromatic heterocycles. The summed E-state index contributed by atoms with van der Waals surface area (Å²) in [6.45, 7) is 4.16. The molecule has 108 valence electrons. The first-order valence-corrected chi connectivity index (χ1v) is 6.34. The van der Waals surface area contributed by atoms with E-state index in [0.29, 0.717) is 23.8 Å². The molecule has 20 heavy (non-hydrogen) atoms.